The third kappa shape index (κ3) is 10.4. The Morgan fingerprint density at radius 2 is 1.76 bits per heavy atom. The Kier molecular flexibility index (Phi) is 11.8. The molecule has 2 saturated heterocycles. The molecule has 0 aliphatic carbocycles. The number of aromatic nitrogens is 1. The Balaban J connectivity index is 0.000000533. The van der Waals surface area contributed by atoms with Gasteiger partial charge in [0.25, 0.3) is 11.8 Å². The first-order chi connectivity index (χ1) is 19.2. The molecule has 4 heterocycles. The average Bonchev–Trinajstić information content (AvgIpc) is 3.46. The van der Waals surface area contributed by atoms with E-state index in [0.29, 0.717) is 17.9 Å². The first kappa shape index (κ1) is 35.3. The van der Waals surface area contributed by atoms with Crippen LogP contribution in [0.15, 0.2) is 21.8 Å². The number of β-lactam (4-membered cyclic amide) rings is 1. The number of anilines is 1. The minimum Gasteiger partial charge on any atom is -0.543 e. The van der Waals surface area contributed by atoms with Gasteiger partial charge in [-0.15, -0.1) is 23.1 Å². The first-order valence-corrected chi connectivity index (χ1v) is 16.2. The van der Waals surface area contributed by atoms with Crippen molar-refractivity contribution in [2.75, 3.05) is 45.3 Å². The van der Waals surface area contributed by atoms with Crippen LogP contribution in [0, 0.1) is 0 Å². The number of likely N-dealkylation sites (N-methyl/N-ethyl adjacent to an activating group) is 1. The zero-order valence-corrected chi connectivity index (χ0v) is 25.2. The SMILES string of the molecule is CO/N=C(/C(=O)N[C@@H]1C(=O)N2C(C(=O)[O-])=C(C[N+]3(C)CCCC3)CS[C@H]12)c1csc(N)n1.O=S(=O)(O)O.O=S(=O)(O)O. The second kappa shape index (κ2) is 14.0. The van der Waals surface area contributed by atoms with Gasteiger partial charge < -0.3 is 30.3 Å². The van der Waals surface area contributed by atoms with Crippen molar-refractivity contribution >= 4 is 72.5 Å². The molecule has 2 atom stereocenters. The fourth-order valence-electron chi connectivity index (χ4n) is 4.41. The van der Waals surface area contributed by atoms with Crippen LogP contribution in [0.2, 0.25) is 0 Å². The fourth-order valence-corrected chi connectivity index (χ4v) is 6.30. The lowest BCUT2D eigenvalue weighted by atomic mass is 10.0. The number of thiazole rings is 1. The Hall–Kier alpha value is -2.90. The molecule has 23 heteroatoms. The number of amides is 2. The molecule has 1 aromatic rings. The number of oxime groups is 1. The van der Waals surface area contributed by atoms with Gasteiger partial charge in [-0.05, 0) is 0 Å². The number of hydrogen-bond donors (Lipinski definition) is 6. The monoisotopic (exact) mass is 676 g/mol. The molecule has 2 amide bonds. The highest BCUT2D eigenvalue weighted by molar-refractivity contribution is 8.00. The number of fused-ring (bicyclic) bond motifs is 1. The van der Waals surface area contributed by atoms with E-state index in [0.717, 1.165) is 41.8 Å². The van der Waals surface area contributed by atoms with Crippen molar-refractivity contribution in [3.05, 3.63) is 22.3 Å². The van der Waals surface area contributed by atoms with E-state index in [4.69, 9.17) is 45.6 Å². The summed E-state index contributed by atoms with van der Waals surface area (Å²) in [6.07, 6.45) is 2.21. The molecular formula is C19H28N6O13S4. The average molecular weight is 677 g/mol. The number of carboxylic acids is 1. The molecule has 0 saturated carbocycles. The maximum atomic E-state index is 12.9. The van der Waals surface area contributed by atoms with Crippen molar-refractivity contribution in [2.24, 2.45) is 5.16 Å². The summed E-state index contributed by atoms with van der Waals surface area (Å²) in [7, 11) is -5.94. The Morgan fingerprint density at radius 3 is 2.21 bits per heavy atom. The van der Waals surface area contributed by atoms with Crippen LogP contribution in [0.5, 0.6) is 0 Å². The molecule has 236 valence electrons. The Bertz CT molecular complexity index is 1420. The number of aliphatic carboxylic acids is 1. The lowest BCUT2D eigenvalue weighted by Crippen LogP contribution is -2.71. The van der Waals surface area contributed by atoms with E-state index in [-0.39, 0.29) is 22.2 Å². The van der Waals surface area contributed by atoms with Crippen LogP contribution in [-0.2, 0) is 40.0 Å². The number of carbonyl (C=O) groups excluding carboxylic acids is 3. The molecule has 3 aliphatic rings. The minimum atomic E-state index is -4.67. The lowest BCUT2D eigenvalue weighted by molar-refractivity contribution is -0.893. The number of thioether (sulfide) groups is 1. The third-order valence-electron chi connectivity index (χ3n) is 5.91. The molecule has 1 aromatic heterocycles. The van der Waals surface area contributed by atoms with Gasteiger partial charge in [0, 0.05) is 29.5 Å². The van der Waals surface area contributed by atoms with Gasteiger partial charge in [0.05, 0.1) is 31.8 Å². The summed E-state index contributed by atoms with van der Waals surface area (Å²) in [5.74, 6) is -2.06. The molecule has 7 N–H and O–H groups in total. The van der Waals surface area contributed by atoms with Crippen molar-refractivity contribution in [3.63, 3.8) is 0 Å². The van der Waals surface area contributed by atoms with E-state index in [1.165, 1.54) is 23.8 Å². The number of hydrogen-bond acceptors (Lipinski definition) is 14. The summed E-state index contributed by atoms with van der Waals surface area (Å²) >= 11 is 2.57. The van der Waals surface area contributed by atoms with Gasteiger partial charge in [0.1, 0.15) is 30.8 Å². The summed E-state index contributed by atoms with van der Waals surface area (Å²) in [6.45, 7) is 2.53. The number of carboxylic acid groups (broad SMARTS) is 1. The third-order valence-corrected chi connectivity index (χ3v) is 7.92. The van der Waals surface area contributed by atoms with Crippen molar-refractivity contribution < 1.29 is 63.9 Å². The van der Waals surface area contributed by atoms with Crippen LogP contribution in [0.25, 0.3) is 0 Å². The van der Waals surface area contributed by atoms with Crippen LogP contribution in [-0.4, -0.2) is 124 Å². The summed E-state index contributed by atoms with van der Waals surface area (Å²) in [5, 5.41) is 19.6. The van der Waals surface area contributed by atoms with Crippen LogP contribution < -0.4 is 16.2 Å². The summed E-state index contributed by atoms with van der Waals surface area (Å²) in [4.78, 5) is 47.7. The number of likely N-dealkylation sites (tertiary alicyclic amines) is 1. The quantitative estimate of drug-likeness (QED) is 0.0568. The number of rotatable bonds is 7. The van der Waals surface area contributed by atoms with E-state index < -0.39 is 50.0 Å². The molecule has 0 aromatic carbocycles. The Morgan fingerprint density at radius 1 is 1.21 bits per heavy atom. The van der Waals surface area contributed by atoms with E-state index >= 15 is 0 Å². The van der Waals surface area contributed by atoms with Gasteiger partial charge >= 0.3 is 20.8 Å². The van der Waals surface area contributed by atoms with Gasteiger partial charge in [0.2, 0.25) is 0 Å². The lowest BCUT2D eigenvalue weighted by Gasteiger charge is -2.51. The standard InChI is InChI=1S/C19H24N6O5S2.2H2O4S/c1-25(5-3-4-6-25)7-10-8-31-17-13(16(27)24(17)14(10)18(28)29)22-15(26)12(23-30-2)11-9-32-19(20)21-11;2*1-5(2,3)4/h9,13,17H,3-8H2,1-2H3,(H3-,20,21,22,26,28,29);2*(H2,1,2,3,4)/b23-12+;;/t13-,17-;;/m1../s1. The van der Waals surface area contributed by atoms with E-state index in [1.807, 2.05) is 0 Å². The number of carbonyl (C=O) groups is 3. The largest absolute Gasteiger partial charge is 0.543 e. The highest BCUT2D eigenvalue weighted by atomic mass is 32.3. The molecule has 4 rings (SSSR count). The van der Waals surface area contributed by atoms with Crippen molar-refractivity contribution in [3.8, 4) is 0 Å². The molecule has 0 spiro atoms. The summed E-state index contributed by atoms with van der Waals surface area (Å²) < 4.78 is 63.9. The fraction of sp³-hybridized carbons (Fsp3) is 0.526. The number of nitrogens with zero attached hydrogens (tertiary/aromatic N) is 4. The second-order valence-corrected chi connectivity index (χ2v) is 12.9. The molecule has 2 fully saturated rings. The van der Waals surface area contributed by atoms with Crippen molar-refractivity contribution in [2.45, 2.75) is 24.3 Å². The number of quaternary nitrogens is 1. The second-order valence-electron chi connectivity index (χ2n) is 9.12. The van der Waals surface area contributed by atoms with Crippen molar-refractivity contribution in [1.82, 2.24) is 15.2 Å². The van der Waals surface area contributed by atoms with Gasteiger partial charge in [-0.3, -0.25) is 32.7 Å². The summed E-state index contributed by atoms with van der Waals surface area (Å²) in [5.41, 5.74) is 6.39. The predicted molar refractivity (Wildman–Crippen MR) is 146 cm³/mol. The molecule has 42 heavy (non-hydrogen) atoms. The van der Waals surface area contributed by atoms with E-state index in [2.05, 4.69) is 22.5 Å². The smallest absolute Gasteiger partial charge is 0.394 e. The molecule has 0 unspecified atom stereocenters. The maximum absolute atomic E-state index is 12.9. The highest BCUT2D eigenvalue weighted by Gasteiger charge is 2.53. The maximum Gasteiger partial charge on any atom is 0.394 e. The molecule has 3 aliphatic heterocycles. The van der Waals surface area contributed by atoms with Crippen LogP contribution >= 0.6 is 23.1 Å². The van der Waals surface area contributed by atoms with Gasteiger partial charge in [-0.25, -0.2) is 4.98 Å². The summed E-state index contributed by atoms with van der Waals surface area (Å²) in [6, 6.07) is -0.891. The van der Waals surface area contributed by atoms with E-state index in [9.17, 15) is 19.5 Å². The predicted octanol–water partition coefficient (Wildman–Crippen LogP) is -2.59. The van der Waals surface area contributed by atoms with E-state index in [1.54, 1.807) is 5.38 Å². The highest BCUT2D eigenvalue weighted by Crippen LogP contribution is 2.41. The zero-order valence-electron chi connectivity index (χ0n) is 21.9. The number of nitrogen functional groups attached to an aromatic ring is 1. The van der Waals surface area contributed by atoms with Crippen LogP contribution in [0.3, 0.4) is 0 Å². The topological polar surface area (TPSA) is 299 Å². The minimum absolute atomic E-state index is 0.0615. The number of nitrogens with two attached hydrogens (primary N) is 1. The molecule has 0 bridgehead atoms. The van der Waals surface area contributed by atoms with Crippen LogP contribution in [0.4, 0.5) is 5.13 Å². The van der Waals surface area contributed by atoms with Crippen molar-refractivity contribution in [1.29, 1.82) is 0 Å². The van der Waals surface area contributed by atoms with Gasteiger partial charge in [0.15, 0.2) is 10.8 Å². The molecule has 19 nitrogen and oxygen atoms in total. The molecule has 0 radical (unpaired) electrons. The zero-order chi connectivity index (χ0) is 32.0. The van der Waals surface area contributed by atoms with Gasteiger partial charge in [-0.1, -0.05) is 5.16 Å². The Labute approximate surface area is 248 Å². The molecular weight excluding hydrogens is 649 g/mol. The van der Waals surface area contributed by atoms with Crippen LogP contribution in [0.1, 0.15) is 18.5 Å². The first-order valence-electron chi connectivity index (χ1n) is 11.5. The number of nitrogens with one attached hydrogen (secondary N) is 1. The van der Waals surface area contributed by atoms with Gasteiger partial charge in [-0.2, -0.15) is 16.8 Å². The normalized spacial score (nSPS) is 21.6.